The van der Waals surface area contributed by atoms with Crippen molar-refractivity contribution in [2.45, 2.75) is 11.8 Å². The van der Waals surface area contributed by atoms with Gasteiger partial charge in [0.15, 0.2) is 0 Å². The number of carbonyl (C=O) groups is 1. The van der Waals surface area contributed by atoms with Gasteiger partial charge in [0.25, 0.3) is 11.6 Å². The Labute approximate surface area is 166 Å². The number of hydrogen-bond donors (Lipinski definition) is 0. The van der Waals surface area contributed by atoms with Gasteiger partial charge in [-0.15, -0.1) is 0 Å². The lowest BCUT2D eigenvalue weighted by atomic mass is 10.1. The number of benzene rings is 1. The van der Waals surface area contributed by atoms with Crippen LogP contribution >= 0.6 is 11.6 Å². The van der Waals surface area contributed by atoms with E-state index in [4.69, 9.17) is 11.6 Å². The van der Waals surface area contributed by atoms with Gasteiger partial charge in [-0.05, 0) is 19.1 Å². The molecular weight excluding hydrogens is 408 g/mol. The number of rotatable bonds is 4. The molecule has 1 amide bonds. The zero-order valence-corrected chi connectivity index (χ0v) is 16.5. The third-order valence-corrected chi connectivity index (χ3v) is 6.89. The first kappa shape index (κ1) is 20.2. The van der Waals surface area contributed by atoms with Gasteiger partial charge in [-0.25, -0.2) is 8.42 Å². The molecule has 1 aliphatic heterocycles. The number of pyridine rings is 1. The van der Waals surface area contributed by atoms with Gasteiger partial charge in [-0.1, -0.05) is 23.7 Å². The van der Waals surface area contributed by atoms with E-state index in [1.165, 1.54) is 27.4 Å². The van der Waals surface area contributed by atoms with E-state index in [1.807, 2.05) is 0 Å². The highest BCUT2D eigenvalue weighted by Gasteiger charge is 2.32. The summed E-state index contributed by atoms with van der Waals surface area (Å²) in [5.41, 5.74) is 0.243. The van der Waals surface area contributed by atoms with Crippen molar-refractivity contribution < 1.29 is 18.1 Å². The van der Waals surface area contributed by atoms with Crippen LogP contribution in [-0.2, 0) is 10.0 Å². The maximum Gasteiger partial charge on any atom is 0.288 e. The van der Waals surface area contributed by atoms with Crippen molar-refractivity contribution in [3.8, 4) is 0 Å². The van der Waals surface area contributed by atoms with Crippen LogP contribution in [0.1, 0.15) is 16.1 Å². The van der Waals surface area contributed by atoms with Crippen molar-refractivity contribution in [3.05, 3.63) is 62.9 Å². The van der Waals surface area contributed by atoms with Gasteiger partial charge in [0.05, 0.1) is 21.2 Å². The van der Waals surface area contributed by atoms with Gasteiger partial charge < -0.3 is 4.90 Å². The normalized spacial score (nSPS) is 15.4. The third-order valence-electron chi connectivity index (χ3n) is 4.49. The Morgan fingerprint density at radius 1 is 1.21 bits per heavy atom. The first-order chi connectivity index (χ1) is 13.2. The maximum atomic E-state index is 12.8. The lowest BCUT2D eigenvalue weighted by molar-refractivity contribution is -0.385. The van der Waals surface area contributed by atoms with Crippen LogP contribution in [0.2, 0.25) is 5.02 Å². The number of amides is 1. The molecule has 1 fully saturated rings. The zero-order valence-electron chi connectivity index (χ0n) is 14.9. The van der Waals surface area contributed by atoms with Gasteiger partial charge in [-0.3, -0.25) is 19.9 Å². The van der Waals surface area contributed by atoms with Gasteiger partial charge >= 0.3 is 0 Å². The summed E-state index contributed by atoms with van der Waals surface area (Å²) < 4.78 is 26.8. The quantitative estimate of drug-likeness (QED) is 0.548. The maximum absolute atomic E-state index is 12.8. The Hall–Kier alpha value is -2.56. The van der Waals surface area contributed by atoms with Crippen LogP contribution in [0.15, 0.2) is 41.4 Å². The molecule has 0 saturated carbocycles. The molecule has 0 spiro atoms. The third kappa shape index (κ3) is 3.84. The van der Waals surface area contributed by atoms with Crippen LogP contribution < -0.4 is 0 Å². The molecule has 1 saturated heterocycles. The van der Waals surface area contributed by atoms with E-state index in [2.05, 4.69) is 4.98 Å². The molecule has 2 heterocycles. The molecular formula is C17H17ClN4O5S. The minimum atomic E-state index is -3.77. The van der Waals surface area contributed by atoms with Crippen molar-refractivity contribution in [1.82, 2.24) is 14.2 Å². The standard InChI is InChI=1S/C17H17ClN4O5S/c1-12-14(10-13(11-19-12)22(24)25)17(23)20-6-8-21(9-7-20)28(26,27)16-5-3-2-4-15(16)18/h2-5,10-11H,6-9H2,1H3. The number of halogens is 1. The van der Waals surface area contributed by atoms with Crippen LogP contribution in [-0.4, -0.2) is 59.6 Å². The number of sulfonamides is 1. The molecule has 28 heavy (non-hydrogen) atoms. The van der Waals surface area contributed by atoms with Gasteiger partial charge in [-0.2, -0.15) is 4.31 Å². The molecule has 9 nitrogen and oxygen atoms in total. The number of nitro groups is 1. The molecule has 11 heteroatoms. The summed E-state index contributed by atoms with van der Waals surface area (Å²) in [5.74, 6) is -0.413. The molecule has 0 unspecified atom stereocenters. The average molecular weight is 425 g/mol. The molecule has 0 aliphatic carbocycles. The van der Waals surface area contributed by atoms with Gasteiger partial charge in [0.1, 0.15) is 11.1 Å². The minimum absolute atomic E-state index is 0.0233. The van der Waals surface area contributed by atoms with Gasteiger partial charge in [0, 0.05) is 32.2 Å². The summed E-state index contributed by atoms with van der Waals surface area (Å²) in [6.07, 6.45) is 1.10. The second kappa shape index (κ2) is 7.82. The Morgan fingerprint density at radius 3 is 2.46 bits per heavy atom. The number of carbonyl (C=O) groups excluding carboxylic acids is 1. The molecule has 148 valence electrons. The van der Waals surface area contributed by atoms with Crippen LogP contribution in [0.25, 0.3) is 0 Å². The largest absolute Gasteiger partial charge is 0.336 e. The molecule has 0 atom stereocenters. The highest BCUT2D eigenvalue weighted by atomic mass is 35.5. The number of aromatic nitrogens is 1. The van der Waals surface area contributed by atoms with E-state index in [0.29, 0.717) is 5.69 Å². The van der Waals surface area contributed by atoms with Crippen molar-refractivity contribution in [3.63, 3.8) is 0 Å². The van der Waals surface area contributed by atoms with E-state index in [1.54, 1.807) is 19.1 Å². The predicted molar refractivity (Wildman–Crippen MR) is 102 cm³/mol. The van der Waals surface area contributed by atoms with Crippen molar-refractivity contribution in [2.75, 3.05) is 26.2 Å². The fourth-order valence-electron chi connectivity index (χ4n) is 2.93. The summed E-state index contributed by atoms with van der Waals surface area (Å²) in [5, 5.41) is 11.1. The van der Waals surface area contributed by atoms with E-state index in [9.17, 15) is 23.3 Å². The van der Waals surface area contributed by atoms with Crippen LogP contribution in [0.5, 0.6) is 0 Å². The Balaban J connectivity index is 1.76. The number of nitrogens with zero attached hydrogens (tertiary/aromatic N) is 4. The zero-order chi connectivity index (χ0) is 20.5. The second-order valence-electron chi connectivity index (χ2n) is 6.21. The molecule has 1 aromatic carbocycles. The molecule has 1 aromatic heterocycles. The summed E-state index contributed by atoms with van der Waals surface area (Å²) in [6, 6.07) is 7.38. The summed E-state index contributed by atoms with van der Waals surface area (Å²) in [4.78, 5) is 28.5. The Kier molecular flexibility index (Phi) is 5.64. The van der Waals surface area contributed by atoms with E-state index >= 15 is 0 Å². The second-order valence-corrected chi connectivity index (χ2v) is 8.52. The average Bonchev–Trinajstić information content (AvgIpc) is 2.68. The fourth-order valence-corrected chi connectivity index (χ4v) is 4.85. The first-order valence-corrected chi connectivity index (χ1v) is 10.2. The summed E-state index contributed by atoms with van der Waals surface area (Å²) >= 11 is 6.01. The Morgan fingerprint density at radius 2 is 1.86 bits per heavy atom. The lowest BCUT2D eigenvalue weighted by Gasteiger charge is -2.34. The fraction of sp³-hybridized carbons (Fsp3) is 0.294. The summed E-state index contributed by atoms with van der Waals surface area (Å²) in [7, 11) is -3.77. The molecule has 1 aliphatic rings. The molecule has 2 aromatic rings. The van der Waals surface area contributed by atoms with E-state index < -0.39 is 20.9 Å². The Bertz CT molecular complexity index is 1040. The predicted octanol–water partition coefficient (Wildman–Crippen LogP) is 2.10. The van der Waals surface area contributed by atoms with Crippen LogP contribution in [0.4, 0.5) is 5.69 Å². The molecule has 0 bridgehead atoms. The molecule has 0 radical (unpaired) electrons. The van der Waals surface area contributed by atoms with Crippen molar-refractivity contribution in [2.24, 2.45) is 0 Å². The monoisotopic (exact) mass is 424 g/mol. The smallest absolute Gasteiger partial charge is 0.288 e. The molecule has 0 N–H and O–H groups in total. The SMILES string of the molecule is Cc1ncc([N+](=O)[O-])cc1C(=O)N1CCN(S(=O)(=O)c2ccccc2Cl)CC1. The lowest BCUT2D eigenvalue weighted by Crippen LogP contribution is -2.50. The number of piperazine rings is 1. The highest BCUT2D eigenvalue weighted by Crippen LogP contribution is 2.25. The van der Waals surface area contributed by atoms with E-state index in [0.717, 1.165) is 6.20 Å². The minimum Gasteiger partial charge on any atom is -0.336 e. The molecule has 3 rings (SSSR count). The number of hydrogen-bond acceptors (Lipinski definition) is 6. The van der Waals surface area contributed by atoms with Crippen LogP contribution in [0, 0.1) is 17.0 Å². The van der Waals surface area contributed by atoms with Crippen molar-refractivity contribution >= 4 is 33.2 Å². The van der Waals surface area contributed by atoms with Crippen LogP contribution in [0.3, 0.4) is 0 Å². The summed E-state index contributed by atoms with van der Waals surface area (Å²) in [6.45, 7) is 2.10. The first-order valence-electron chi connectivity index (χ1n) is 8.37. The van der Waals surface area contributed by atoms with Crippen molar-refractivity contribution in [1.29, 1.82) is 0 Å². The topological polar surface area (TPSA) is 114 Å². The van der Waals surface area contributed by atoms with Gasteiger partial charge in [0.2, 0.25) is 10.0 Å². The van der Waals surface area contributed by atoms with E-state index in [-0.39, 0.29) is 47.3 Å². The number of aryl methyl sites for hydroxylation is 1. The highest BCUT2D eigenvalue weighted by molar-refractivity contribution is 7.89.